The second kappa shape index (κ2) is 25.5. The number of methoxy groups -OCH3 is 1. The van der Waals surface area contributed by atoms with E-state index in [1.54, 1.807) is 7.11 Å². The predicted octanol–water partition coefficient (Wildman–Crippen LogP) is 11.2. The first-order chi connectivity index (χ1) is 23.2. The standard InChI is InChI=1S/C42H68N2O3/c1-3-4-5-6-7-8-9-10-11-14-17-20-31-43-35-39-29-30-40(33-41(39)46-2)47-32-21-24-42(45)44-34-36-25-27-38(28-26-36)37-22-18-15-12-13-16-19-23-37/h25-30,33,37,43H,3-24,31-32,34-35H2,1-2H3,(H,44,45). The van der Waals surface area contributed by atoms with Crippen molar-refractivity contribution < 1.29 is 14.3 Å². The molecule has 0 heterocycles. The lowest BCUT2D eigenvalue weighted by atomic mass is 9.89. The molecular weight excluding hydrogens is 580 g/mol. The van der Waals surface area contributed by atoms with Gasteiger partial charge in [-0.05, 0) is 55.3 Å². The van der Waals surface area contributed by atoms with Gasteiger partial charge in [0.25, 0.3) is 0 Å². The summed E-state index contributed by atoms with van der Waals surface area (Å²) in [6.45, 7) is 5.20. The van der Waals surface area contributed by atoms with Gasteiger partial charge in [-0.15, -0.1) is 0 Å². The Morgan fingerprint density at radius 3 is 1.98 bits per heavy atom. The van der Waals surface area contributed by atoms with E-state index in [-0.39, 0.29) is 5.91 Å². The SMILES string of the molecule is CCCCCCCCCCCCCCNCc1ccc(OCCCC(=O)NCc2ccc(C3CCCCCCCC3)cc2)cc1OC. The minimum atomic E-state index is 0.0705. The number of amides is 1. The van der Waals surface area contributed by atoms with Crippen LogP contribution in [0.1, 0.15) is 171 Å². The predicted molar refractivity (Wildman–Crippen MR) is 198 cm³/mol. The monoisotopic (exact) mass is 649 g/mol. The van der Waals surface area contributed by atoms with Crippen LogP contribution in [-0.4, -0.2) is 26.2 Å². The lowest BCUT2D eigenvalue weighted by molar-refractivity contribution is -0.121. The van der Waals surface area contributed by atoms with E-state index in [1.807, 2.05) is 12.1 Å². The van der Waals surface area contributed by atoms with Crippen molar-refractivity contribution in [2.45, 2.75) is 167 Å². The van der Waals surface area contributed by atoms with Crippen LogP contribution in [0.15, 0.2) is 42.5 Å². The van der Waals surface area contributed by atoms with Gasteiger partial charge in [0, 0.05) is 31.1 Å². The molecule has 0 spiro atoms. The van der Waals surface area contributed by atoms with Crippen LogP contribution in [0.25, 0.3) is 0 Å². The molecule has 2 aromatic carbocycles. The minimum absolute atomic E-state index is 0.0705. The maximum atomic E-state index is 12.5. The molecule has 0 bridgehead atoms. The van der Waals surface area contributed by atoms with Crippen LogP contribution < -0.4 is 20.1 Å². The van der Waals surface area contributed by atoms with Gasteiger partial charge in [-0.2, -0.15) is 0 Å². The van der Waals surface area contributed by atoms with Crippen LogP contribution in [0.3, 0.4) is 0 Å². The topological polar surface area (TPSA) is 59.6 Å². The molecule has 0 atom stereocenters. The van der Waals surface area contributed by atoms with E-state index < -0.39 is 0 Å². The Hall–Kier alpha value is -2.53. The largest absolute Gasteiger partial charge is 0.496 e. The number of unbranched alkanes of at least 4 members (excludes halogenated alkanes) is 11. The number of rotatable bonds is 24. The Morgan fingerprint density at radius 2 is 1.34 bits per heavy atom. The van der Waals surface area contributed by atoms with Gasteiger partial charge < -0.3 is 20.1 Å². The molecule has 0 unspecified atom stereocenters. The summed E-state index contributed by atoms with van der Waals surface area (Å²) in [4.78, 5) is 12.5. The average Bonchev–Trinajstić information content (AvgIpc) is 3.24. The van der Waals surface area contributed by atoms with Gasteiger partial charge in [0.15, 0.2) is 0 Å². The Bertz CT molecular complexity index is 1060. The van der Waals surface area contributed by atoms with Gasteiger partial charge in [0.1, 0.15) is 11.5 Å². The maximum Gasteiger partial charge on any atom is 0.220 e. The molecular formula is C42H68N2O3. The van der Waals surface area contributed by atoms with E-state index in [9.17, 15) is 4.79 Å². The van der Waals surface area contributed by atoms with Gasteiger partial charge >= 0.3 is 0 Å². The van der Waals surface area contributed by atoms with Crippen molar-refractivity contribution in [3.63, 3.8) is 0 Å². The highest BCUT2D eigenvalue weighted by molar-refractivity contribution is 5.75. The number of hydrogen-bond acceptors (Lipinski definition) is 4. The summed E-state index contributed by atoms with van der Waals surface area (Å²) in [7, 11) is 1.71. The second-order valence-corrected chi connectivity index (χ2v) is 13.9. The van der Waals surface area contributed by atoms with E-state index in [4.69, 9.17) is 9.47 Å². The molecule has 0 saturated heterocycles. The Kier molecular flexibility index (Phi) is 21.1. The van der Waals surface area contributed by atoms with Crippen molar-refractivity contribution >= 4 is 5.91 Å². The number of benzene rings is 2. The van der Waals surface area contributed by atoms with Gasteiger partial charge in [-0.25, -0.2) is 0 Å². The third-order valence-corrected chi connectivity index (χ3v) is 9.89. The zero-order valence-corrected chi connectivity index (χ0v) is 30.2. The molecule has 0 aromatic heterocycles. The maximum absolute atomic E-state index is 12.5. The molecule has 2 N–H and O–H groups in total. The van der Waals surface area contributed by atoms with E-state index in [0.29, 0.717) is 31.9 Å². The van der Waals surface area contributed by atoms with Gasteiger partial charge in [0.05, 0.1) is 13.7 Å². The van der Waals surface area contributed by atoms with Crippen molar-refractivity contribution in [2.75, 3.05) is 20.3 Å². The number of nitrogens with one attached hydrogen (secondary N) is 2. The first kappa shape index (κ1) is 38.9. The highest BCUT2D eigenvalue weighted by Gasteiger charge is 2.13. The molecule has 3 rings (SSSR count). The summed E-state index contributed by atoms with van der Waals surface area (Å²) in [5.74, 6) is 2.39. The molecule has 5 nitrogen and oxygen atoms in total. The smallest absolute Gasteiger partial charge is 0.220 e. The molecule has 2 aromatic rings. The lowest BCUT2D eigenvalue weighted by Gasteiger charge is -2.17. The highest BCUT2D eigenvalue weighted by atomic mass is 16.5. The molecule has 0 radical (unpaired) electrons. The molecule has 47 heavy (non-hydrogen) atoms. The molecule has 1 aliphatic carbocycles. The fourth-order valence-corrected chi connectivity index (χ4v) is 6.86. The molecule has 5 heteroatoms. The lowest BCUT2D eigenvalue weighted by Crippen LogP contribution is -2.23. The number of hydrogen-bond donors (Lipinski definition) is 2. The van der Waals surface area contributed by atoms with E-state index in [2.05, 4.69) is 47.9 Å². The highest BCUT2D eigenvalue weighted by Crippen LogP contribution is 2.30. The first-order valence-corrected chi connectivity index (χ1v) is 19.6. The summed E-state index contributed by atoms with van der Waals surface area (Å²) < 4.78 is 11.6. The van der Waals surface area contributed by atoms with Crippen LogP contribution in [0.5, 0.6) is 11.5 Å². The zero-order chi connectivity index (χ0) is 33.2. The van der Waals surface area contributed by atoms with Gasteiger partial charge in [-0.3, -0.25) is 4.79 Å². The number of ether oxygens (including phenoxy) is 2. The van der Waals surface area contributed by atoms with Crippen molar-refractivity contribution in [2.24, 2.45) is 0 Å². The number of carbonyl (C=O) groups is 1. The van der Waals surface area contributed by atoms with Crippen molar-refractivity contribution in [3.05, 3.63) is 59.2 Å². The van der Waals surface area contributed by atoms with Crippen molar-refractivity contribution in [1.82, 2.24) is 10.6 Å². The molecule has 264 valence electrons. The van der Waals surface area contributed by atoms with Crippen LogP contribution >= 0.6 is 0 Å². The van der Waals surface area contributed by atoms with Crippen LogP contribution in [0.2, 0.25) is 0 Å². The van der Waals surface area contributed by atoms with Crippen molar-refractivity contribution in [1.29, 1.82) is 0 Å². The third kappa shape index (κ3) is 17.4. The second-order valence-electron chi connectivity index (χ2n) is 13.9. The molecule has 1 amide bonds. The van der Waals surface area contributed by atoms with E-state index in [0.717, 1.165) is 35.7 Å². The summed E-state index contributed by atoms with van der Waals surface area (Å²) >= 11 is 0. The Balaban J connectivity index is 1.22. The Labute approximate surface area is 288 Å². The minimum Gasteiger partial charge on any atom is -0.496 e. The van der Waals surface area contributed by atoms with E-state index >= 15 is 0 Å². The summed E-state index contributed by atoms with van der Waals surface area (Å²) in [6, 6.07) is 15.0. The first-order valence-electron chi connectivity index (χ1n) is 19.6. The van der Waals surface area contributed by atoms with Crippen LogP contribution in [0, 0.1) is 0 Å². The quantitative estimate of drug-likeness (QED) is 0.111. The van der Waals surface area contributed by atoms with Crippen molar-refractivity contribution in [3.8, 4) is 11.5 Å². The summed E-state index contributed by atoms with van der Waals surface area (Å²) in [6.07, 6.45) is 28.5. The van der Waals surface area contributed by atoms with Crippen LogP contribution in [0.4, 0.5) is 0 Å². The Morgan fingerprint density at radius 1 is 0.723 bits per heavy atom. The molecule has 1 saturated carbocycles. The number of carbonyl (C=O) groups excluding carboxylic acids is 1. The van der Waals surface area contributed by atoms with Gasteiger partial charge in [0.2, 0.25) is 5.91 Å². The zero-order valence-electron chi connectivity index (χ0n) is 30.2. The fraction of sp³-hybridized carbons (Fsp3) is 0.690. The summed E-state index contributed by atoms with van der Waals surface area (Å²) in [5.41, 5.74) is 3.78. The molecule has 0 aliphatic heterocycles. The third-order valence-electron chi connectivity index (χ3n) is 9.89. The van der Waals surface area contributed by atoms with E-state index in [1.165, 1.54) is 134 Å². The van der Waals surface area contributed by atoms with Crippen LogP contribution in [-0.2, 0) is 17.9 Å². The fourth-order valence-electron chi connectivity index (χ4n) is 6.86. The summed E-state index contributed by atoms with van der Waals surface area (Å²) in [5, 5.41) is 6.66. The normalized spacial score (nSPS) is 14.3. The molecule has 1 aliphatic rings. The molecule has 1 fully saturated rings. The average molecular weight is 649 g/mol. The van der Waals surface area contributed by atoms with Gasteiger partial charge in [-0.1, -0.05) is 146 Å².